The predicted molar refractivity (Wildman–Crippen MR) is 80.5 cm³/mol. The van der Waals surface area contributed by atoms with Crippen LogP contribution in [0.5, 0.6) is 0 Å². The Morgan fingerprint density at radius 2 is 1.86 bits per heavy atom. The van der Waals surface area contributed by atoms with Crippen LogP contribution < -0.4 is 0 Å². The Morgan fingerprint density at radius 1 is 1.29 bits per heavy atom. The monoisotopic (exact) mass is 308 g/mol. The summed E-state index contributed by atoms with van der Waals surface area (Å²) in [6.45, 7) is 5.13. The second-order valence-electron chi connectivity index (χ2n) is 5.31. The summed E-state index contributed by atoms with van der Waals surface area (Å²) in [5.74, 6) is -0.704. The summed E-state index contributed by atoms with van der Waals surface area (Å²) < 4.78 is 24.7. The smallest absolute Gasteiger partial charge is 0.254 e. The molecule has 1 aromatic carbocycles. The first kappa shape index (κ1) is 17.2. The van der Waals surface area contributed by atoms with E-state index >= 15 is 0 Å². The van der Waals surface area contributed by atoms with Gasteiger partial charge in [0.15, 0.2) is 9.84 Å². The topological polar surface area (TPSA) is 78.2 Å². The minimum Gasteiger partial charge on any atom is -0.340 e. The molecular formula is C15H20N2O3S. The number of nitrogens with zero attached hydrogens (tertiary/aromatic N) is 2. The van der Waals surface area contributed by atoms with E-state index in [0.717, 1.165) is 0 Å². The number of nitriles is 1. The lowest BCUT2D eigenvalue weighted by molar-refractivity contribution is 0.0781. The lowest BCUT2D eigenvalue weighted by Gasteiger charge is -2.20. The molecule has 5 nitrogen and oxygen atoms in total. The van der Waals surface area contributed by atoms with Crippen molar-refractivity contribution in [1.29, 1.82) is 5.26 Å². The van der Waals surface area contributed by atoms with Crippen LogP contribution in [0.1, 0.15) is 31.1 Å². The molecule has 0 unspecified atom stereocenters. The highest BCUT2D eigenvalue weighted by molar-refractivity contribution is 7.92. The second-order valence-corrected chi connectivity index (χ2v) is 7.78. The number of sulfone groups is 1. The molecule has 1 amide bonds. The predicted octanol–water partition coefficient (Wildman–Crippen LogP) is 2.10. The summed E-state index contributed by atoms with van der Waals surface area (Å²) in [5, 5.41) is 8.21. The molecule has 0 heterocycles. The number of hydrogen-bond acceptors (Lipinski definition) is 4. The third kappa shape index (κ3) is 3.82. The quantitative estimate of drug-likeness (QED) is 0.834. The van der Waals surface area contributed by atoms with E-state index in [2.05, 4.69) is 6.07 Å². The van der Waals surface area contributed by atoms with Gasteiger partial charge in [0.1, 0.15) is 0 Å². The van der Waals surface area contributed by atoms with Crippen molar-refractivity contribution in [2.24, 2.45) is 5.92 Å². The van der Waals surface area contributed by atoms with Crippen molar-refractivity contribution in [3.63, 3.8) is 0 Å². The highest BCUT2D eigenvalue weighted by Crippen LogP contribution is 2.21. The van der Waals surface area contributed by atoms with Crippen molar-refractivity contribution in [2.45, 2.75) is 30.9 Å². The normalized spacial score (nSPS) is 12.8. The van der Waals surface area contributed by atoms with Gasteiger partial charge in [0.2, 0.25) is 0 Å². The van der Waals surface area contributed by atoms with Crippen LogP contribution in [0.4, 0.5) is 0 Å². The zero-order valence-electron chi connectivity index (χ0n) is 12.7. The fraction of sp³-hybridized carbons (Fsp3) is 0.467. The summed E-state index contributed by atoms with van der Waals surface area (Å²) in [5.41, 5.74) is 0.152. The van der Waals surface area contributed by atoms with Gasteiger partial charge in [0.05, 0.1) is 27.7 Å². The van der Waals surface area contributed by atoms with E-state index in [1.54, 1.807) is 40.0 Å². The SMILES string of the molecule is CC(C)S(=O)(=O)c1ccccc1C(=O)N(C)C[C@@H](C)C#N. The van der Waals surface area contributed by atoms with Gasteiger partial charge in [-0.25, -0.2) is 8.42 Å². The highest BCUT2D eigenvalue weighted by atomic mass is 32.2. The molecule has 0 bridgehead atoms. The van der Waals surface area contributed by atoms with Gasteiger partial charge in [0, 0.05) is 13.6 Å². The number of hydrogen-bond donors (Lipinski definition) is 0. The standard InChI is InChI=1S/C15H20N2O3S/c1-11(2)21(19,20)14-8-6-5-7-13(14)15(18)17(4)10-12(3)9-16/h5-8,11-12H,10H2,1-4H3/t12-/m0/s1. The van der Waals surface area contributed by atoms with Gasteiger partial charge < -0.3 is 4.90 Å². The van der Waals surface area contributed by atoms with E-state index < -0.39 is 21.0 Å². The average Bonchev–Trinajstić information content (AvgIpc) is 2.45. The minimum absolute atomic E-state index is 0.0430. The van der Waals surface area contributed by atoms with Gasteiger partial charge in [-0.2, -0.15) is 5.26 Å². The minimum atomic E-state index is -3.53. The first-order valence-corrected chi connectivity index (χ1v) is 8.24. The maximum absolute atomic E-state index is 12.4. The molecule has 6 heteroatoms. The van der Waals surface area contributed by atoms with E-state index in [1.165, 1.54) is 17.0 Å². The molecule has 1 rings (SSSR count). The fourth-order valence-electron chi connectivity index (χ4n) is 1.89. The van der Waals surface area contributed by atoms with Crippen molar-refractivity contribution in [3.05, 3.63) is 29.8 Å². The second kappa shape index (κ2) is 6.72. The Labute approximate surface area is 126 Å². The molecule has 0 aliphatic carbocycles. The number of carbonyl (C=O) groups is 1. The summed E-state index contributed by atoms with van der Waals surface area (Å²) in [6, 6.07) is 8.24. The van der Waals surface area contributed by atoms with Crippen LogP contribution in [0.2, 0.25) is 0 Å². The van der Waals surface area contributed by atoms with E-state index in [9.17, 15) is 13.2 Å². The molecule has 0 aliphatic rings. The Kier molecular flexibility index (Phi) is 5.50. The summed E-state index contributed by atoms with van der Waals surface area (Å²) in [4.78, 5) is 13.9. The Bertz CT molecular complexity index is 660. The molecule has 114 valence electrons. The molecule has 0 fully saturated rings. The van der Waals surface area contributed by atoms with Crippen molar-refractivity contribution < 1.29 is 13.2 Å². The molecule has 0 N–H and O–H groups in total. The zero-order valence-corrected chi connectivity index (χ0v) is 13.5. The Hall–Kier alpha value is -1.87. The lowest BCUT2D eigenvalue weighted by atomic mass is 10.1. The van der Waals surface area contributed by atoms with Crippen LogP contribution in [0.3, 0.4) is 0 Å². The van der Waals surface area contributed by atoms with Crippen molar-refractivity contribution in [1.82, 2.24) is 4.90 Å². The summed E-state index contributed by atoms with van der Waals surface area (Å²) in [7, 11) is -1.97. The first-order valence-electron chi connectivity index (χ1n) is 6.69. The first-order chi connectivity index (χ1) is 9.71. The van der Waals surface area contributed by atoms with Gasteiger partial charge in [-0.05, 0) is 32.9 Å². The molecular weight excluding hydrogens is 288 g/mol. The number of rotatable bonds is 5. The Morgan fingerprint density at radius 3 is 2.38 bits per heavy atom. The largest absolute Gasteiger partial charge is 0.340 e. The van der Waals surface area contributed by atoms with Gasteiger partial charge in [-0.1, -0.05) is 12.1 Å². The van der Waals surface area contributed by atoms with E-state index in [0.29, 0.717) is 0 Å². The van der Waals surface area contributed by atoms with Crippen molar-refractivity contribution in [2.75, 3.05) is 13.6 Å². The van der Waals surface area contributed by atoms with Gasteiger partial charge >= 0.3 is 0 Å². The zero-order chi connectivity index (χ0) is 16.2. The average molecular weight is 308 g/mol. The molecule has 0 aliphatic heterocycles. The van der Waals surface area contributed by atoms with Gasteiger partial charge in [-0.15, -0.1) is 0 Å². The number of benzene rings is 1. The Balaban J connectivity index is 3.22. The van der Waals surface area contributed by atoms with Crippen LogP contribution in [0.15, 0.2) is 29.2 Å². The van der Waals surface area contributed by atoms with Crippen LogP contribution in [0.25, 0.3) is 0 Å². The molecule has 21 heavy (non-hydrogen) atoms. The van der Waals surface area contributed by atoms with Crippen LogP contribution in [0, 0.1) is 17.2 Å². The summed E-state index contributed by atoms with van der Waals surface area (Å²) >= 11 is 0. The number of carbonyl (C=O) groups excluding carboxylic acids is 1. The molecule has 0 spiro atoms. The maximum atomic E-state index is 12.4. The number of amides is 1. The van der Waals surface area contributed by atoms with Crippen LogP contribution >= 0.6 is 0 Å². The lowest BCUT2D eigenvalue weighted by Crippen LogP contribution is -2.32. The van der Waals surface area contributed by atoms with Gasteiger partial charge in [0.25, 0.3) is 5.91 Å². The van der Waals surface area contributed by atoms with E-state index in [-0.39, 0.29) is 22.9 Å². The van der Waals surface area contributed by atoms with Crippen LogP contribution in [-0.4, -0.2) is 38.1 Å². The highest BCUT2D eigenvalue weighted by Gasteiger charge is 2.26. The molecule has 0 radical (unpaired) electrons. The van der Waals surface area contributed by atoms with Gasteiger partial charge in [-0.3, -0.25) is 4.79 Å². The van der Waals surface area contributed by atoms with Crippen molar-refractivity contribution >= 4 is 15.7 Å². The third-order valence-electron chi connectivity index (χ3n) is 3.16. The van der Waals surface area contributed by atoms with E-state index in [1.807, 2.05) is 0 Å². The molecule has 1 aromatic rings. The maximum Gasteiger partial charge on any atom is 0.254 e. The molecule has 1 atom stereocenters. The van der Waals surface area contributed by atoms with Crippen molar-refractivity contribution in [3.8, 4) is 6.07 Å². The third-order valence-corrected chi connectivity index (χ3v) is 5.37. The molecule has 0 aromatic heterocycles. The fourth-order valence-corrected chi connectivity index (χ4v) is 3.12. The summed E-state index contributed by atoms with van der Waals surface area (Å²) in [6.07, 6.45) is 0. The van der Waals surface area contributed by atoms with E-state index in [4.69, 9.17) is 5.26 Å². The molecule has 0 saturated carbocycles. The van der Waals surface area contributed by atoms with Crippen LogP contribution in [-0.2, 0) is 9.84 Å². The molecule has 0 saturated heterocycles.